The maximum atomic E-state index is 5.82. The molecule has 0 aliphatic carbocycles. The van der Waals surface area contributed by atoms with E-state index in [0.29, 0.717) is 16.6 Å². The molecule has 5 heteroatoms. The summed E-state index contributed by atoms with van der Waals surface area (Å²) in [5.41, 5.74) is 8.15. The summed E-state index contributed by atoms with van der Waals surface area (Å²) in [6, 6.07) is 7.23. The molecular weight excluding hydrogens is 232 g/mol. The minimum atomic E-state index is 0.371. The van der Waals surface area contributed by atoms with Crippen LogP contribution in [0.5, 0.6) is 5.75 Å². The van der Waals surface area contributed by atoms with Crippen LogP contribution < -0.4 is 10.5 Å². The van der Waals surface area contributed by atoms with Gasteiger partial charge in [-0.3, -0.25) is 0 Å². The third kappa shape index (κ3) is 2.61. The van der Waals surface area contributed by atoms with Crippen molar-refractivity contribution in [2.24, 2.45) is 0 Å². The molecule has 3 nitrogen and oxygen atoms in total. The first-order valence-corrected chi connectivity index (χ1v) is 5.57. The summed E-state index contributed by atoms with van der Waals surface area (Å²) in [5.74, 6) is 0.718. The van der Waals surface area contributed by atoms with Crippen molar-refractivity contribution in [1.29, 1.82) is 0 Å². The molecule has 1 aromatic heterocycles. The Hall–Kier alpha value is -1.26. The number of ether oxygens (including phenoxy) is 1. The summed E-state index contributed by atoms with van der Waals surface area (Å²) < 4.78 is 5.49. The van der Waals surface area contributed by atoms with Gasteiger partial charge in [-0.05, 0) is 18.2 Å². The summed E-state index contributed by atoms with van der Waals surface area (Å²) in [7, 11) is 0. The Labute approximate surface area is 96.5 Å². The van der Waals surface area contributed by atoms with Crippen LogP contribution in [-0.4, -0.2) is 4.98 Å². The number of rotatable bonds is 3. The lowest BCUT2D eigenvalue weighted by atomic mass is 10.3. The second-order valence-electron chi connectivity index (χ2n) is 2.91. The van der Waals surface area contributed by atoms with E-state index < -0.39 is 0 Å². The Kier molecular flexibility index (Phi) is 3.08. The largest absolute Gasteiger partial charge is 0.487 e. The fourth-order valence-electron chi connectivity index (χ4n) is 1.10. The lowest BCUT2D eigenvalue weighted by Crippen LogP contribution is -1.98. The second-order valence-corrected chi connectivity index (χ2v) is 4.23. The molecule has 0 saturated heterocycles. The van der Waals surface area contributed by atoms with Crippen LogP contribution in [0.1, 0.15) is 5.69 Å². The van der Waals surface area contributed by atoms with E-state index in [2.05, 4.69) is 4.98 Å². The summed E-state index contributed by atoms with van der Waals surface area (Å²) in [4.78, 5) is 4.09. The molecule has 0 atom stereocenters. The highest BCUT2D eigenvalue weighted by Crippen LogP contribution is 2.20. The number of aromatic nitrogens is 1. The normalized spacial score (nSPS) is 10.2. The predicted molar refractivity (Wildman–Crippen MR) is 62.3 cm³/mol. The number of thiazole rings is 1. The summed E-state index contributed by atoms with van der Waals surface area (Å²) in [6.07, 6.45) is 0. The van der Waals surface area contributed by atoms with E-state index in [9.17, 15) is 0 Å². The topological polar surface area (TPSA) is 48.1 Å². The van der Waals surface area contributed by atoms with Crippen LogP contribution in [0.15, 0.2) is 29.8 Å². The smallest absolute Gasteiger partial charge is 0.133 e. The average Bonchev–Trinajstić information content (AvgIpc) is 2.61. The van der Waals surface area contributed by atoms with E-state index in [0.717, 1.165) is 11.4 Å². The van der Waals surface area contributed by atoms with E-state index in [1.165, 1.54) is 11.3 Å². The van der Waals surface area contributed by atoms with Crippen molar-refractivity contribution in [3.05, 3.63) is 40.5 Å². The first-order chi connectivity index (χ1) is 7.25. The summed E-state index contributed by atoms with van der Waals surface area (Å²) >= 11 is 7.22. The Bertz CT molecular complexity index is 458. The molecule has 2 rings (SSSR count). The first kappa shape index (κ1) is 10.3. The number of nitrogens with zero attached hydrogens (tertiary/aromatic N) is 1. The third-order valence-corrected chi connectivity index (χ3v) is 2.78. The van der Waals surface area contributed by atoms with Crippen LogP contribution in [0.3, 0.4) is 0 Å². The van der Waals surface area contributed by atoms with Crippen molar-refractivity contribution in [1.82, 2.24) is 4.98 Å². The van der Waals surface area contributed by atoms with Gasteiger partial charge in [0.15, 0.2) is 0 Å². The minimum absolute atomic E-state index is 0.371. The van der Waals surface area contributed by atoms with Gasteiger partial charge in [-0.25, -0.2) is 4.98 Å². The molecule has 0 radical (unpaired) electrons. The van der Waals surface area contributed by atoms with Crippen LogP contribution >= 0.6 is 22.9 Å². The molecule has 78 valence electrons. The molecule has 0 saturated carbocycles. The fourth-order valence-corrected chi connectivity index (χ4v) is 1.82. The lowest BCUT2D eigenvalue weighted by molar-refractivity contribution is 0.303. The molecule has 0 spiro atoms. The SMILES string of the molecule is Nc1scnc1COc1cccc(Cl)c1. The Morgan fingerprint density at radius 1 is 1.47 bits per heavy atom. The molecule has 0 aliphatic rings. The van der Waals surface area contributed by atoms with E-state index >= 15 is 0 Å². The number of halogens is 1. The van der Waals surface area contributed by atoms with Crippen molar-refractivity contribution >= 4 is 27.9 Å². The molecular formula is C10H9ClN2OS. The maximum Gasteiger partial charge on any atom is 0.133 e. The predicted octanol–water partition coefficient (Wildman–Crippen LogP) is 2.96. The van der Waals surface area contributed by atoms with E-state index in [-0.39, 0.29) is 0 Å². The van der Waals surface area contributed by atoms with E-state index in [4.69, 9.17) is 22.1 Å². The molecule has 15 heavy (non-hydrogen) atoms. The van der Waals surface area contributed by atoms with Crippen molar-refractivity contribution in [3.8, 4) is 5.75 Å². The monoisotopic (exact) mass is 240 g/mol. The van der Waals surface area contributed by atoms with Gasteiger partial charge in [0.05, 0.1) is 5.51 Å². The summed E-state index contributed by atoms with van der Waals surface area (Å²) in [5, 5.41) is 1.34. The highest BCUT2D eigenvalue weighted by atomic mass is 35.5. The Morgan fingerprint density at radius 2 is 2.33 bits per heavy atom. The fraction of sp³-hybridized carbons (Fsp3) is 0.100. The van der Waals surface area contributed by atoms with Crippen molar-refractivity contribution < 1.29 is 4.74 Å². The number of anilines is 1. The van der Waals surface area contributed by atoms with Gasteiger partial charge in [0, 0.05) is 5.02 Å². The molecule has 0 fully saturated rings. The van der Waals surface area contributed by atoms with Gasteiger partial charge in [0.2, 0.25) is 0 Å². The molecule has 0 aliphatic heterocycles. The van der Waals surface area contributed by atoms with Crippen LogP contribution in [0.2, 0.25) is 5.02 Å². The van der Waals surface area contributed by atoms with Crippen molar-refractivity contribution in [3.63, 3.8) is 0 Å². The van der Waals surface area contributed by atoms with Gasteiger partial charge in [-0.1, -0.05) is 17.7 Å². The van der Waals surface area contributed by atoms with Gasteiger partial charge in [-0.15, -0.1) is 11.3 Å². The first-order valence-electron chi connectivity index (χ1n) is 4.32. The Balaban J connectivity index is 2.02. The average molecular weight is 241 g/mol. The number of benzene rings is 1. The van der Waals surface area contributed by atoms with Crippen LogP contribution in [0.25, 0.3) is 0 Å². The molecule has 1 aromatic carbocycles. The third-order valence-electron chi connectivity index (χ3n) is 1.84. The number of nitrogen functional groups attached to an aromatic ring is 1. The molecule has 0 unspecified atom stereocenters. The molecule has 2 N–H and O–H groups in total. The van der Waals surface area contributed by atoms with Crippen LogP contribution in [0, 0.1) is 0 Å². The number of nitrogens with two attached hydrogens (primary N) is 1. The van der Waals surface area contributed by atoms with Crippen molar-refractivity contribution in [2.75, 3.05) is 5.73 Å². The highest BCUT2D eigenvalue weighted by molar-refractivity contribution is 7.13. The number of hydrogen-bond acceptors (Lipinski definition) is 4. The standard InChI is InChI=1S/C10H9ClN2OS/c11-7-2-1-3-8(4-7)14-5-9-10(12)15-6-13-9/h1-4,6H,5,12H2. The van der Waals surface area contributed by atoms with Gasteiger partial charge in [0.1, 0.15) is 23.1 Å². The second kappa shape index (κ2) is 4.51. The van der Waals surface area contributed by atoms with Gasteiger partial charge in [-0.2, -0.15) is 0 Å². The quantitative estimate of drug-likeness (QED) is 0.897. The Morgan fingerprint density at radius 3 is 3.00 bits per heavy atom. The van der Waals surface area contributed by atoms with E-state index in [1.54, 1.807) is 17.6 Å². The van der Waals surface area contributed by atoms with Gasteiger partial charge < -0.3 is 10.5 Å². The van der Waals surface area contributed by atoms with Crippen molar-refractivity contribution in [2.45, 2.75) is 6.61 Å². The van der Waals surface area contributed by atoms with Gasteiger partial charge in [0.25, 0.3) is 0 Å². The van der Waals surface area contributed by atoms with Gasteiger partial charge >= 0.3 is 0 Å². The van der Waals surface area contributed by atoms with Crippen LogP contribution in [-0.2, 0) is 6.61 Å². The molecule has 1 heterocycles. The molecule has 0 bridgehead atoms. The van der Waals surface area contributed by atoms with E-state index in [1.807, 2.05) is 12.1 Å². The zero-order chi connectivity index (χ0) is 10.7. The zero-order valence-electron chi connectivity index (χ0n) is 7.81. The minimum Gasteiger partial charge on any atom is -0.487 e. The zero-order valence-corrected chi connectivity index (χ0v) is 9.39. The maximum absolute atomic E-state index is 5.82. The highest BCUT2D eigenvalue weighted by Gasteiger charge is 2.03. The number of hydrogen-bond donors (Lipinski definition) is 1. The van der Waals surface area contributed by atoms with Crippen LogP contribution in [0.4, 0.5) is 5.00 Å². The lowest BCUT2D eigenvalue weighted by Gasteiger charge is -2.04. The summed E-state index contributed by atoms with van der Waals surface area (Å²) in [6.45, 7) is 0.371. The molecule has 2 aromatic rings. The molecule has 0 amide bonds.